The van der Waals surface area contributed by atoms with Crippen LogP contribution in [-0.4, -0.2) is 37.6 Å². The standard InChI is InChI=1S/C18H16N6O2S/c1-10-8-11(2)24-17(19-10)21-15(23-24)16(25)22-18-20-14(9-27-18)12-4-6-13(26-3)7-5-12/h4-9H,1-3H3,(H,20,22,25). The van der Waals surface area contributed by atoms with Crippen molar-refractivity contribution >= 4 is 28.2 Å². The molecule has 0 saturated heterocycles. The summed E-state index contributed by atoms with van der Waals surface area (Å²) < 4.78 is 6.70. The number of benzene rings is 1. The van der Waals surface area contributed by atoms with Crippen molar-refractivity contribution in [1.82, 2.24) is 24.6 Å². The Labute approximate surface area is 158 Å². The molecular formula is C18H16N6O2S. The predicted octanol–water partition coefficient (Wildman–Crippen LogP) is 3.13. The van der Waals surface area contributed by atoms with Crippen LogP contribution in [0, 0.1) is 13.8 Å². The summed E-state index contributed by atoms with van der Waals surface area (Å²) >= 11 is 1.34. The van der Waals surface area contributed by atoms with Gasteiger partial charge in [0, 0.05) is 22.3 Å². The van der Waals surface area contributed by atoms with Crippen molar-refractivity contribution in [2.45, 2.75) is 13.8 Å². The summed E-state index contributed by atoms with van der Waals surface area (Å²) in [4.78, 5) is 25.4. The zero-order valence-electron chi connectivity index (χ0n) is 14.9. The van der Waals surface area contributed by atoms with Crippen LogP contribution in [0.4, 0.5) is 5.13 Å². The molecule has 8 nitrogen and oxygen atoms in total. The van der Waals surface area contributed by atoms with Crippen molar-refractivity contribution in [2.24, 2.45) is 0 Å². The number of nitrogens with one attached hydrogen (secondary N) is 1. The first kappa shape index (κ1) is 17.1. The van der Waals surface area contributed by atoms with Gasteiger partial charge < -0.3 is 4.74 Å². The van der Waals surface area contributed by atoms with Crippen LogP contribution in [0.2, 0.25) is 0 Å². The van der Waals surface area contributed by atoms with Crippen LogP contribution in [-0.2, 0) is 0 Å². The lowest BCUT2D eigenvalue weighted by Gasteiger charge is -2.00. The van der Waals surface area contributed by atoms with Gasteiger partial charge in [0.05, 0.1) is 12.8 Å². The maximum Gasteiger partial charge on any atom is 0.297 e. The molecule has 1 amide bonds. The SMILES string of the molecule is COc1ccc(-c2csc(NC(=O)c3nc4nc(C)cc(C)n4n3)n2)cc1. The third-order valence-electron chi connectivity index (χ3n) is 3.93. The average Bonchev–Trinajstić information content (AvgIpc) is 3.29. The van der Waals surface area contributed by atoms with E-state index >= 15 is 0 Å². The van der Waals surface area contributed by atoms with Gasteiger partial charge in [0.1, 0.15) is 5.75 Å². The van der Waals surface area contributed by atoms with Gasteiger partial charge in [0.15, 0.2) is 5.13 Å². The number of ether oxygens (including phenoxy) is 1. The van der Waals surface area contributed by atoms with E-state index in [2.05, 4.69) is 25.4 Å². The first-order valence-electron chi connectivity index (χ1n) is 8.16. The van der Waals surface area contributed by atoms with E-state index in [-0.39, 0.29) is 5.82 Å². The zero-order valence-corrected chi connectivity index (χ0v) is 15.7. The van der Waals surface area contributed by atoms with Gasteiger partial charge in [-0.1, -0.05) is 0 Å². The van der Waals surface area contributed by atoms with Crippen molar-refractivity contribution in [3.8, 4) is 17.0 Å². The number of anilines is 1. The van der Waals surface area contributed by atoms with Crippen molar-refractivity contribution < 1.29 is 9.53 Å². The normalized spacial score (nSPS) is 10.9. The van der Waals surface area contributed by atoms with Crippen LogP contribution >= 0.6 is 11.3 Å². The Balaban J connectivity index is 1.55. The number of fused-ring (bicyclic) bond motifs is 1. The Bertz CT molecular complexity index is 1130. The first-order chi connectivity index (χ1) is 13.0. The lowest BCUT2D eigenvalue weighted by atomic mass is 10.2. The molecule has 4 rings (SSSR count). The minimum absolute atomic E-state index is 0.0531. The highest BCUT2D eigenvalue weighted by atomic mass is 32.1. The lowest BCUT2D eigenvalue weighted by molar-refractivity contribution is 0.101. The number of carbonyl (C=O) groups excluding carboxylic acids is 1. The van der Waals surface area contributed by atoms with Crippen molar-refractivity contribution in [3.05, 3.63) is 52.9 Å². The Morgan fingerprint density at radius 1 is 1.15 bits per heavy atom. The minimum Gasteiger partial charge on any atom is -0.497 e. The maximum atomic E-state index is 12.5. The number of aromatic nitrogens is 5. The fourth-order valence-electron chi connectivity index (χ4n) is 2.64. The molecule has 0 aliphatic heterocycles. The number of thiazole rings is 1. The largest absolute Gasteiger partial charge is 0.497 e. The molecule has 0 aliphatic rings. The fourth-order valence-corrected chi connectivity index (χ4v) is 3.36. The molecule has 0 spiro atoms. The Morgan fingerprint density at radius 2 is 1.93 bits per heavy atom. The topological polar surface area (TPSA) is 94.3 Å². The number of hydrogen-bond donors (Lipinski definition) is 1. The third kappa shape index (κ3) is 3.36. The van der Waals surface area contributed by atoms with Crippen LogP contribution in [0.25, 0.3) is 17.0 Å². The van der Waals surface area contributed by atoms with Gasteiger partial charge in [0.25, 0.3) is 11.7 Å². The van der Waals surface area contributed by atoms with Gasteiger partial charge in [-0.25, -0.2) is 14.5 Å². The summed E-state index contributed by atoms with van der Waals surface area (Å²) in [6, 6.07) is 9.45. The second-order valence-corrected chi connectivity index (χ2v) is 6.76. The van der Waals surface area contributed by atoms with Crippen LogP contribution in [0.1, 0.15) is 22.0 Å². The zero-order chi connectivity index (χ0) is 19.0. The monoisotopic (exact) mass is 380 g/mol. The molecule has 1 aromatic carbocycles. The maximum absolute atomic E-state index is 12.5. The molecular weight excluding hydrogens is 364 g/mol. The molecule has 136 valence electrons. The summed E-state index contributed by atoms with van der Waals surface area (Å²) in [5, 5.41) is 9.33. The Hall–Kier alpha value is -3.33. The molecule has 3 heterocycles. The second-order valence-electron chi connectivity index (χ2n) is 5.91. The van der Waals surface area contributed by atoms with Crippen LogP contribution < -0.4 is 10.1 Å². The van der Waals surface area contributed by atoms with Crippen molar-refractivity contribution in [3.63, 3.8) is 0 Å². The summed E-state index contributed by atoms with van der Waals surface area (Å²) in [6.45, 7) is 3.76. The number of carbonyl (C=O) groups is 1. The lowest BCUT2D eigenvalue weighted by Crippen LogP contribution is -2.13. The van der Waals surface area contributed by atoms with E-state index in [1.165, 1.54) is 11.3 Å². The van der Waals surface area contributed by atoms with Gasteiger partial charge in [0.2, 0.25) is 5.82 Å². The minimum atomic E-state index is -0.423. The van der Waals surface area contributed by atoms with Crippen molar-refractivity contribution in [1.29, 1.82) is 0 Å². The van der Waals surface area contributed by atoms with Crippen LogP contribution in [0.5, 0.6) is 5.75 Å². The third-order valence-corrected chi connectivity index (χ3v) is 4.69. The van der Waals surface area contributed by atoms with Gasteiger partial charge in [-0.2, -0.15) is 4.98 Å². The van der Waals surface area contributed by atoms with Crippen LogP contribution in [0.3, 0.4) is 0 Å². The summed E-state index contributed by atoms with van der Waals surface area (Å²) in [5.41, 5.74) is 3.39. The molecule has 0 unspecified atom stereocenters. The first-order valence-corrected chi connectivity index (χ1v) is 9.04. The number of aryl methyl sites for hydroxylation is 2. The molecule has 0 aliphatic carbocycles. The molecule has 9 heteroatoms. The molecule has 3 aromatic heterocycles. The van der Waals surface area contributed by atoms with Gasteiger partial charge in [-0.15, -0.1) is 16.4 Å². The van der Waals surface area contributed by atoms with Gasteiger partial charge in [-0.3, -0.25) is 10.1 Å². The number of nitrogens with zero attached hydrogens (tertiary/aromatic N) is 5. The van der Waals surface area contributed by atoms with E-state index in [1.807, 2.05) is 49.6 Å². The summed E-state index contributed by atoms with van der Waals surface area (Å²) in [7, 11) is 1.62. The molecule has 0 atom stereocenters. The smallest absolute Gasteiger partial charge is 0.297 e. The quantitative estimate of drug-likeness (QED) is 0.585. The van der Waals surface area contributed by atoms with E-state index in [4.69, 9.17) is 4.74 Å². The number of hydrogen-bond acceptors (Lipinski definition) is 7. The number of methoxy groups -OCH3 is 1. The summed E-state index contributed by atoms with van der Waals surface area (Å²) in [5.74, 6) is 0.806. The van der Waals surface area contributed by atoms with E-state index < -0.39 is 5.91 Å². The molecule has 1 N–H and O–H groups in total. The summed E-state index contributed by atoms with van der Waals surface area (Å²) in [6.07, 6.45) is 0. The molecule has 0 saturated carbocycles. The van der Waals surface area contributed by atoms with E-state index in [9.17, 15) is 4.79 Å². The average molecular weight is 380 g/mol. The Kier molecular flexibility index (Phi) is 4.28. The molecule has 0 radical (unpaired) electrons. The van der Waals surface area contributed by atoms with Crippen molar-refractivity contribution in [2.75, 3.05) is 12.4 Å². The second kappa shape index (κ2) is 6.76. The number of rotatable bonds is 4. The highest BCUT2D eigenvalue weighted by molar-refractivity contribution is 7.14. The molecule has 27 heavy (non-hydrogen) atoms. The fraction of sp³-hybridized carbons (Fsp3) is 0.167. The highest BCUT2D eigenvalue weighted by Gasteiger charge is 2.17. The van der Waals surface area contributed by atoms with E-state index in [1.54, 1.807) is 11.6 Å². The predicted molar refractivity (Wildman–Crippen MR) is 102 cm³/mol. The molecule has 0 fully saturated rings. The van der Waals surface area contributed by atoms with E-state index in [0.29, 0.717) is 10.9 Å². The van der Waals surface area contributed by atoms with Gasteiger partial charge in [-0.05, 0) is 44.2 Å². The van der Waals surface area contributed by atoms with E-state index in [0.717, 1.165) is 28.4 Å². The number of amides is 1. The molecule has 0 bridgehead atoms. The molecule has 4 aromatic rings. The highest BCUT2D eigenvalue weighted by Crippen LogP contribution is 2.26. The van der Waals surface area contributed by atoms with Gasteiger partial charge >= 0.3 is 0 Å². The Morgan fingerprint density at radius 3 is 2.67 bits per heavy atom. The van der Waals surface area contributed by atoms with Crippen LogP contribution in [0.15, 0.2) is 35.7 Å².